The fraction of sp³-hybridized carbons (Fsp3) is 0.286. The molecule has 0 spiro atoms. The molecule has 1 aromatic heterocycles. The number of nitrogen functional groups attached to an aromatic ring is 1. The first-order chi connectivity index (χ1) is 8.95. The molecule has 5 nitrogen and oxygen atoms in total. The number of hydrogen-bond donors (Lipinski definition) is 2. The second-order valence-corrected chi connectivity index (χ2v) is 4.56. The minimum absolute atomic E-state index is 0.153. The molecule has 0 bridgehead atoms. The largest absolute Gasteiger partial charge is 0.399 e. The Hall–Kier alpha value is -2.30. The lowest BCUT2D eigenvalue weighted by Gasteiger charge is -2.11. The number of hydrogen-bond acceptors (Lipinski definition) is 3. The minimum atomic E-state index is -0.153. The maximum absolute atomic E-state index is 11.9. The number of amides is 1. The summed E-state index contributed by atoms with van der Waals surface area (Å²) in [7, 11) is 1.61. The van der Waals surface area contributed by atoms with Crippen molar-refractivity contribution in [1.29, 1.82) is 0 Å². The number of anilines is 1. The van der Waals surface area contributed by atoms with E-state index in [2.05, 4.69) is 10.4 Å². The number of benzene rings is 1. The monoisotopic (exact) mass is 258 g/mol. The number of nitrogens with one attached hydrogen (secondary N) is 1. The molecule has 1 amide bonds. The van der Waals surface area contributed by atoms with Crippen molar-refractivity contribution >= 4 is 11.6 Å². The summed E-state index contributed by atoms with van der Waals surface area (Å²) < 4.78 is 1.77. The lowest BCUT2D eigenvalue weighted by molar-refractivity contribution is 0.0963. The van der Waals surface area contributed by atoms with Crippen molar-refractivity contribution < 1.29 is 4.79 Å². The van der Waals surface area contributed by atoms with E-state index < -0.39 is 0 Å². The van der Waals surface area contributed by atoms with Gasteiger partial charge in [0.2, 0.25) is 0 Å². The molecular formula is C14H18N4O. The third kappa shape index (κ3) is 2.19. The van der Waals surface area contributed by atoms with E-state index in [1.807, 2.05) is 20.8 Å². The van der Waals surface area contributed by atoms with Crippen molar-refractivity contribution in [3.8, 4) is 5.69 Å². The van der Waals surface area contributed by atoms with Crippen LogP contribution in [0.15, 0.2) is 18.2 Å². The van der Waals surface area contributed by atoms with Gasteiger partial charge in [-0.15, -0.1) is 0 Å². The first kappa shape index (κ1) is 13.1. The third-order valence-corrected chi connectivity index (χ3v) is 3.37. The van der Waals surface area contributed by atoms with Crippen LogP contribution in [-0.4, -0.2) is 22.7 Å². The van der Waals surface area contributed by atoms with Crippen LogP contribution in [0.2, 0.25) is 0 Å². The number of aromatic nitrogens is 2. The molecule has 19 heavy (non-hydrogen) atoms. The van der Waals surface area contributed by atoms with E-state index in [0.29, 0.717) is 16.9 Å². The van der Waals surface area contributed by atoms with Crippen molar-refractivity contribution in [3.05, 3.63) is 40.7 Å². The lowest BCUT2D eigenvalue weighted by atomic mass is 10.1. The number of nitrogens with zero attached hydrogens (tertiary/aromatic N) is 2. The number of carbonyl (C=O) groups is 1. The molecule has 0 fully saturated rings. The Morgan fingerprint density at radius 2 is 2.00 bits per heavy atom. The average molecular weight is 258 g/mol. The summed E-state index contributed by atoms with van der Waals surface area (Å²) >= 11 is 0. The van der Waals surface area contributed by atoms with E-state index in [-0.39, 0.29) is 5.91 Å². The standard InChI is InChI=1S/C14H18N4O/c1-8-9(2)17-18(10(8)3)13-7-11(15)5-6-12(13)14(19)16-4/h5-7H,15H2,1-4H3,(H,16,19). The second kappa shape index (κ2) is 4.76. The highest BCUT2D eigenvalue weighted by Gasteiger charge is 2.16. The highest BCUT2D eigenvalue weighted by Crippen LogP contribution is 2.22. The van der Waals surface area contributed by atoms with Gasteiger partial charge in [0.1, 0.15) is 0 Å². The topological polar surface area (TPSA) is 72.9 Å². The SMILES string of the molecule is CNC(=O)c1ccc(N)cc1-n1nc(C)c(C)c1C. The zero-order chi connectivity index (χ0) is 14.2. The van der Waals surface area contributed by atoms with Gasteiger partial charge >= 0.3 is 0 Å². The summed E-state index contributed by atoms with van der Waals surface area (Å²) in [4.78, 5) is 11.9. The molecule has 0 radical (unpaired) electrons. The lowest BCUT2D eigenvalue weighted by Crippen LogP contribution is -2.20. The van der Waals surface area contributed by atoms with Crippen molar-refractivity contribution in [1.82, 2.24) is 15.1 Å². The second-order valence-electron chi connectivity index (χ2n) is 4.56. The van der Waals surface area contributed by atoms with Crippen molar-refractivity contribution in [2.45, 2.75) is 20.8 Å². The van der Waals surface area contributed by atoms with Gasteiger partial charge in [-0.2, -0.15) is 5.10 Å². The van der Waals surface area contributed by atoms with E-state index in [1.165, 1.54) is 0 Å². The molecule has 2 rings (SSSR count). The summed E-state index contributed by atoms with van der Waals surface area (Å²) in [5.41, 5.74) is 10.8. The summed E-state index contributed by atoms with van der Waals surface area (Å²) in [6.07, 6.45) is 0. The maximum Gasteiger partial charge on any atom is 0.253 e. The summed E-state index contributed by atoms with van der Waals surface area (Å²) in [5, 5.41) is 7.11. The summed E-state index contributed by atoms with van der Waals surface area (Å²) in [6, 6.07) is 5.20. The van der Waals surface area contributed by atoms with Gasteiger partial charge in [-0.25, -0.2) is 4.68 Å². The van der Waals surface area contributed by atoms with Crippen LogP contribution in [0, 0.1) is 20.8 Å². The molecule has 0 unspecified atom stereocenters. The predicted octanol–water partition coefficient (Wildman–Crippen LogP) is 1.74. The minimum Gasteiger partial charge on any atom is -0.399 e. The zero-order valence-corrected chi connectivity index (χ0v) is 11.6. The van der Waals surface area contributed by atoms with Gasteiger partial charge in [0.05, 0.1) is 16.9 Å². The van der Waals surface area contributed by atoms with Crippen LogP contribution < -0.4 is 11.1 Å². The van der Waals surface area contributed by atoms with E-state index in [1.54, 1.807) is 29.9 Å². The molecule has 5 heteroatoms. The molecule has 1 aromatic carbocycles. The Morgan fingerprint density at radius 3 is 2.53 bits per heavy atom. The van der Waals surface area contributed by atoms with Gasteiger partial charge in [-0.3, -0.25) is 4.79 Å². The molecule has 0 aliphatic heterocycles. The van der Waals surface area contributed by atoms with Gasteiger partial charge in [0, 0.05) is 18.4 Å². The van der Waals surface area contributed by atoms with Gasteiger partial charge < -0.3 is 11.1 Å². The van der Waals surface area contributed by atoms with Crippen LogP contribution in [0.1, 0.15) is 27.3 Å². The molecule has 0 saturated heterocycles. The molecule has 0 aliphatic rings. The third-order valence-electron chi connectivity index (χ3n) is 3.37. The highest BCUT2D eigenvalue weighted by molar-refractivity contribution is 5.98. The Kier molecular flexibility index (Phi) is 3.29. The Bertz CT molecular complexity index is 643. The quantitative estimate of drug-likeness (QED) is 0.806. The first-order valence-electron chi connectivity index (χ1n) is 6.10. The smallest absolute Gasteiger partial charge is 0.253 e. The number of aryl methyl sites for hydroxylation is 1. The van der Waals surface area contributed by atoms with Crippen LogP contribution in [0.4, 0.5) is 5.69 Å². The molecule has 3 N–H and O–H groups in total. The summed E-state index contributed by atoms with van der Waals surface area (Å²) in [5.74, 6) is -0.153. The van der Waals surface area contributed by atoms with E-state index in [9.17, 15) is 4.79 Å². The molecule has 0 aliphatic carbocycles. The number of carbonyl (C=O) groups excluding carboxylic acids is 1. The fourth-order valence-corrected chi connectivity index (χ4v) is 2.01. The van der Waals surface area contributed by atoms with Crippen LogP contribution in [0.25, 0.3) is 5.69 Å². The Morgan fingerprint density at radius 1 is 1.32 bits per heavy atom. The molecule has 0 saturated carbocycles. The van der Waals surface area contributed by atoms with Crippen molar-refractivity contribution in [3.63, 3.8) is 0 Å². The normalized spacial score (nSPS) is 10.5. The number of nitrogens with two attached hydrogens (primary N) is 1. The van der Waals surface area contributed by atoms with Gasteiger partial charge in [-0.1, -0.05) is 0 Å². The van der Waals surface area contributed by atoms with Crippen LogP contribution in [0.5, 0.6) is 0 Å². The molecular weight excluding hydrogens is 240 g/mol. The van der Waals surface area contributed by atoms with E-state index in [0.717, 1.165) is 17.0 Å². The molecule has 1 heterocycles. The maximum atomic E-state index is 11.9. The Balaban J connectivity index is 2.69. The fourth-order valence-electron chi connectivity index (χ4n) is 2.01. The summed E-state index contributed by atoms with van der Waals surface area (Å²) in [6.45, 7) is 5.94. The van der Waals surface area contributed by atoms with Gasteiger partial charge in [-0.05, 0) is 44.5 Å². The molecule has 2 aromatic rings. The average Bonchev–Trinajstić information content (AvgIpc) is 2.65. The highest BCUT2D eigenvalue weighted by atomic mass is 16.1. The molecule has 100 valence electrons. The van der Waals surface area contributed by atoms with Crippen molar-refractivity contribution in [2.24, 2.45) is 0 Å². The van der Waals surface area contributed by atoms with Crippen LogP contribution in [0.3, 0.4) is 0 Å². The first-order valence-corrected chi connectivity index (χ1v) is 6.10. The van der Waals surface area contributed by atoms with Gasteiger partial charge in [0.25, 0.3) is 5.91 Å². The van der Waals surface area contributed by atoms with Crippen molar-refractivity contribution in [2.75, 3.05) is 12.8 Å². The van der Waals surface area contributed by atoms with E-state index >= 15 is 0 Å². The Labute approximate surface area is 112 Å². The van der Waals surface area contributed by atoms with E-state index in [4.69, 9.17) is 5.73 Å². The van der Waals surface area contributed by atoms with Crippen LogP contribution >= 0.6 is 0 Å². The molecule has 0 atom stereocenters. The number of rotatable bonds is 2. The zero-order valence-electron chi connectivity index (χ0n) is 11.6. The van der Waals surface area contributed by atoms with Crippen LogP contribution in [-0.2, 0) is 0 Å². The predicted molar refractivity (Wildman–Crippen MR) is 75.6 cm³/mol. The van der Waals surface area contributed by atoms with Gasteiger partial charge in [0.15, 0.2) is 0 Å².